The van der Waals surface area contributed by atoms with E-state index >= 15 is 4.39 Å². The van der Waals surface area contributed by atoms with E-state index < -0.39 is 49.8 Å². The Morgan fingerprint density at radius 1 is 1.35 bits per heavy atom. The Morgan fingerprint density at radius 3 is 2.73 bits per heavy atom. The molecule has 3 heterocycles. The van der Waals surface area contributed by atoms with Crippen LogP contribution in [0.3, 0.4) is 0 Å². The highest BCUT2D eigenvalue weighted by Crippen LogP contribution is 2.49. The predicted molar refractivity (Wildman–Crippen MR) is 142 cm³/mol. The molecule has 0 radical (unpaired) electrons. The second-order valence-corrected chi connectivity index (χ2v) is 11.9. The summed E-state index contributed by atoms with van der Waals surface area (Å²) < 4.78 is 53.7. The van der Waals surface area contributed by atoms with Gasteiger partial charge in [0, 0.05) is 0 Å². The van der Waals surface area contributed by atoms with Crippen LogP contribution >= 0.6 is 7.75 Å². The average Bonchev–Trinajstić information content (AvgIpc) is 3.42. The van der Waals surface area contributed by atoms with Crippen LogP contribution in [0.25, 0.3) is 5.65 Å². The largest absolute Gasteiger partial charge is 0.461 e. The maximum Gasteiger partial charge on any atom is 0.459 e. The summed E-state index contributed by atoms with van der Waals surface area (Å²) in [7, 11) is -4.33. The number of carbonyl (C=O) groups is 1. The van der Waals surface area contributed by atoms with Gasteiger partial charge in [0.15, 0.2) is 17.1 Å². The van der Waals surface area contributed by atoms with Crippen LogP contribution in [0.5, 0.6) is 5.75 Å². The third kappa shape index (κ3) is 6.11. The molecule has 4 rings (SSSR count). The quantitative estimate of drug-likeness (QED) is 0.224. The molecule has 6 atom stereocenters. The molecule has 1 aromatic carbocycles. The molecule has 40 heavy (non-hydrogen) atoms. The number of hydrogen-bond donors (Lipinski definition) is 3. The molecule has 2 aromatic heterocycles. The lowest BCUT2D eigenvalue weighted by Gasteiger charge is -2.30. The summed E-state index contributed by atoms with van der Waals surface area (Å²) in [6.45, 7) is 7.14. The van der Waals surface area contributed by atoms with Gasteiger partial charge in [-0.25, -0.2) is 23.4 Å². The van der Waals surface area contributed by atoms with Crippen molar-refractivity contribution in [3.05, 3.63) is 48.5 Å². The van der Waals surface area contributed by atoms with Crippen LogP contribution in [-0.2, 0) is 23.4 Å². The van der Waals surface area contributed by atoms with Crippen LogP contribution in [0.15, 0.2) is 42.9 Å². The van der Waals surface area contributed by atoms with Gasteiger partial charge in [-0.1, -0.05) is 25.1 Å². The van der Waals surface area contributed by atoms with Crippen molar-refractivity contribution in [3.63, 3.8) is 0 Å². The third-order valence-corrected chi connectivity index (χ3v) is 8.34. The fourth-order valence-corrected chi connectivity index (χ4v) is 5.78. The Hall–Kier alpha value is -3.16. The molecule has 218 valence electrons. The van der Waals surface area contributed by atoms with Crippen molar-refractivity contribution in [3.8, 4) is 5.75 Å². The summed E-state index contributed by atoms with van der Waals surface area (Å²) in [5.41, 5.74) is 2.39. The van der Waals surface area contributed by atoms with Gasteiger partial charge in [0.05, 0.1) is 24.6 Å². The maximum absolute atomic E-state index is 15.9. The predicted octanol–water partition coefficient (Wildman–Crippen LogP) is 3.15. The van der Waals surface area contributed by atoms with Crippen molar-refractivity contribution >= 4 is 25.2 Å². The minimum Gasteiger partial charge on any atom is -0.461 e. The number of aliphatic hydroxyl groups is 1. The third-order valence-electron chi connectivity index (χ3n) is 6.57. The smallest absolute Gasteiger partial charge is 0.459 e. The summed E-state index contributed by atoms with van der Waals surface area (Å²) in [5, 5.41) is 17.6. The molecule has 4 N–H and O–H groups in total. The minimum atomic E-state index is -4.33. The number of aliphatic hydroxyl groups excluding tert-OH is 1. The van der Waals surface area contributed by atoms with Gasteiger partial charge < -0.3 is 24.8 Å². The molecular weight excluding hydrogens is 546 g/mol. The van der Waals surface area contributed by atoms with Crippen LogP contribution in [0.1, 0.15) is 52.8 Å². The first kappa shape index (κ1) is 29.8. The van der Waals surface area contributed by atoms with Crippen LogP contribution in [0.2, 0.25) is 0 Å². The molecule has 0 bridgehead atoms. The number of aromatic nitrogens is 4. The van der Waals surface area contributed by atoms with E-state index in [2.05, 4.69) is 20.2 Å². The second kappa shape index (κ2) is 11.4. The molecule has 1 unspecified atom stereocenters. The summed E-state index contributed by atoms with van der Waals surface area (Å²) in [6.07, 6.45) is -1.58. The van der Waals surface area contributed by atoms with E-state index in [1.54, 1.807) is 37.3 Å². The molecule has 3 aromatic rings. The number of esters is 1. The van der Waals surface area contributed by atoms with Crippen molar-refractivity contribution in [2.45, 2.75) is 76.7 Å². The SMILES string of the molecule is CC[C@@H](C)OC(=O)C(C)(C)NP(=O)(OC[C@H]1O[C@@H](c2cnc3c(N)ncnn23)[C@](C)(F)[C@@H]1O)Oc1ccccc1. The zero-order valence-corrected chi connectivity index (χ0v) is 23.7. The van der Waals surface area contributed by atoms with Gasteiger partial charge in [0.2, 0.25) is 0 Å². The Labute approximate surface area is 230 Å². The molecule has 0 spiro atoms. The van der Waals surface area contributed by atoms with Gasteiger partial charge >= 0.3 is 13.7 Å². The number of hydrogen-bond acceptors (Lipinski definition) is 11. The number of nitrogens with two attached hydrogens (primary N) is 1. The number of imidazole rings is 1. The number of nitrogen functional groups attached to an aromatic ring is 1. The molecule has 15 heteroatoms. The number of rotatable bonds is 11. The zero-order chi connectivity index (χ0) is 29.3. The van der Waals surface area contributed by atoms with Crippen LogP contribution in [0, 0.1) is 0 Å². The lowest BCUT2D eigenvalue weighted by Crippen LogP contribution is -2.48. The molecule has 13 nitrogen and oxygen atoms in total. The van der Waals surface area contributed by atoms with Gasteiger partial charge in [-0.15, -0.1) is 0 Å². The summed E-state index contributed by atoms with van der Waals surface area (Å²) in [4.78, 5) is 20.8. The molecule has 0 amide bonds. The highest BCUT2D eigenvalue weighted by atomic mass is 31.2. The number of nitrogens with zero attached hydrogens (tertiary/aromatic N) is 4. The first-order chi connectivity index (χ1) is 18.8. The lowest BCUT2D eigenvalue weighted by atomic mass is 9.93. The Morgan fingerprint density at radius 2 is 2.05 bits per heavy atom. The van der Waals surface area contributed by atoms with Crippen molar-refractivity contribution < 1.29 is 37.4 Å². The van der Waals surface area contributed by atoms with Crippen molar-refractivity contribution in [2.75, 3.05) is 12.3 Å². The number of carbonyl (C=O) groups excluding carboxylic acids is 1. The number of alkyl halides is 1. The van der Waals surface area contributed by atoms with Crippen LogP contribution < -0.4 is 15.3 Å². The van der Waals surface area contributed by atoms with Crippen molar-refractivity contribution in [2.24, 2.45) is 0 Å². The van der Waals surface area contributed by atoms with E-state index in [1.807, 2.05) is 6.92 Å². The van der Waals surface area contributed by atoms with Gasteiger partial charge in [-0.2, -0.15) is 10.2 Å². The fraction of sp³-hybridized carbons (Fsp3) is 0.520. The fourth-order valence-electron chi connectivity index (χ4n) is 4.10. The standard InChI is InChI=1S/C25H34FN6O7P/c1-6-15(2)37-23(34)24(3,4)31-40(35,39-16-10-8-7-9-11-16)36-13-18-19(33)25(5,26)20(38-18)17-12-28-22-21(27)29-14-30-32(17)22/h7-12,14-15,18-20,33H,6,13H2,1-5H3,(H,31,35)(H2,27,29,30)/t15-,18-,19-,20+,25-,40?/m1/s1. The van der Waals surface area contributed by atoms with E-state index in [9.17, 15) is 14.5 Å². The zero-order valence-electron chi connectivity index (χ0n) is 22.9. The van der Waals surface area contributed by atoms with Gasteiger partial charge in [-0.3, -0.25) is 9.32 Å². The number of para-hydroxylation sites is 1. The number of anilines is 1. The highest BCUT2D eigenvalue weighted by Gasteiger charge is 2.56. The number of fused-ring (bicyclic) bond motifs is 1. The average molecular weight is 581 g/mol. The maximum atomic E-state index is 15.9. The molecule has 0 saturated carbocycles. The highest BCUT2D eigenvalue weighted by molar-refractivity contribution is 7.52. The van der Waals surface area contributed by atoms with E-state index in [1.165, 1.54) is 37.8 Å². The molecule has 1 saturated heterocycles. The summed E-state index contributed by atoms with van der Waals surface area (Å²) >= 11 is 0. The van der Waals surface area contributed by atoms with E-state index in [4.69, 9.17) is 24.3 Å². The van der Waals surface area contributed by atoms with Crippen LogP contribution in [0.4, 0.5) is 10.2 Å². The number of benzene rings is 1. The second-order valence-electron chi connectivity index (χ2n) is 10.3. The normalized spacial score (nSPS) is 25.4. The minimum absolute atomic E-state index is 0.0831. The Kier molecular flexibility index (Phi) is 8.48. The molecule has 1 fully saturated rings. The van der Waals surface area contributed by atoms with Crippen molar-refractivity contribution in [1.82, 2.24) is 24.7 Å². The Bertz CT molecular complexity index is 1390. The van der Waals surface area contributed by atoms with Gasteiger partial charge in [0.1, 0.15) is 35.9 Å². The molecule has 1 aliphatic heterocycles. The molecule has 0 aliphatic carbocycles. The van der Waals surface area contributed by atoms with E-state index in [0.717, 1.165) is 0 Å². The van der Waals surface area contributed by atoms with Crippen molar-refractivity contribution in [1.29, 1.82) is 0 Å². The van der Waals surface area contributed by atoms with E-state index in [0.29, 0.717) is 6.42 Å². The van der Waals surface area contributed by atoms with Gasteiger partial charge in [-0.05, 0) is 46.2 Å². The van der Waals surface area contributed by atoms with Gasteiger partial charge in [0.25, 0.3) is 0 Å². The first-order valence-corrected chi connectivity index (χ1v) is 14.3. The molecular formula is C25H34FN6O7P. The number of ether oxygens (including phenoxy) is 2. The topological polar surface area (TPSA) is 172 Å². The monoisotopic (exact) mass is 580 g/mol. The molecule has 1 aliphatic rings. The summed E-state index contributed by atoms with van der Waals surface area (Å²) in [6, 6.07) is 8.17. The number of halogens is 1. The first-order valence-electron chi connectivity index (χ1n) is 12.7. The summed E-state index contributed by atoms with van der Waals surface area (Å²) in [5.74, 6) is -0.405. The Balaban J connectivity index is 1.56. The van der Waals surface area contributed by atoms with E-state index in [-0.39, 0.29) is 29.0 Å². The van der Waals surface area contributed by atoms with Crippen LogP contribution in [-0.4, -0.2) is 66.8 Å². The number of nitrogens with one attached hydrogen (secondary N) is 1. The lowest BCUT2D eigenvalue weighted by molar-refractivity contribution is -0.154.